The zero-order chi connectivity index (χ0) is 20.3. The summed E-state index contributed by atoms with van der Waals surface area (Å²) in [6.45, 7) is 2.48. The van der Waals surface area contributed by atoms with Crippen LogP contribution in [0.3, 0.4) is 0 Å². The van der Waals surface area contributed by atoms with E-state index in [1.54, 1.807) is 30.5 Å². The molecule has 1 atom stereocenters. The molecule has 0 spiro atoms. The van der Waals surface area contributed by atoms with Crippen LogP contribution < -0.4 is 0 Å². The van der Waals surface area contributed by atoms with Gasteiger partial charge in [-0.25, -0.2) is 0 Å². The van der Waals surface area contributed by atoms with Crippen molar-refractivity contribution in [3.05, 3.63) is 69.5 Å². The topological polar surface area (TPSA) is 70.5 Å². The van der Waals surface area contributed by atoms with Gasteiger partial charge in [0, 0.05) is 18.3 Å². The fourth-order valence-electron chi connectivity index (χ4n) is 3.29. The van der Waals surface area contributed by atoms with Crippen LogP contribution in [-0.4, -0.2) is 33.2 Å². The Morgan fingerprint density at radius 3 is 2.57 bits per heavy atom. The van der Waals surface area contributed by atoms with Crippen molar-refractivity contribution in [2.45, 2.75) is 32.2 Å². The number of aliphatic hydroxyl groups is 1. The first-order chi connectivity index (χ1) is 13.5. The van der Waals surface area contributed by atoms with Crippen LogP contribution in [0.5, 0.6) is 0 Å². The van der Waals surface area contributed by atoms with E-state index in [0.717, 1.165) is 19.3 Å². The third-order valence-electron chi connectivity index (χ3n) is 4.70. The Hall–Kier alpha value is -2.37. The lowest BCUT2D eigenvalue weighted by molar-refractivity contribution is -0.140. The van der Waals surface area contributed by atoms with E-state index in [9.17, 15) is 14.7 Å². The number of likely N-dealkylation sites (tertiary alicyclic amines) is 1. The number of pyridine rings is 1. The molecule has 1 unspecified atom stereocenters. The summed E-state index contributed by atoms with van der Waals surface area (Å²) in [5, 5.41) is 11.5. The molecule has 146 valence electrons. The zero-order valence-corrected chi connectivity index (χ0v) is 16.9. The number of aliphatic hydroxyl groups excluding tert-OH is 1. The number of halogens is 2. The summed E-state index contributed by atoms with van der Waals surface area (Å²) < 4.78 is 0. The van der Waals surface area contributed by atoms with E-state index in [2.05, 4.69) is 11.9 Å². The highest BCUT2D eigenvalue weighted by molar-refractivity contribution is 6.46. The number of ketones is 1. The lowest BCUT2D eigenvalue weighted by Crippen LogP contribution is -2.31. The molecule has 1 N–H and O–H groups in total. The summed E-state index contributed by atoms with van der Waals surface area (Å²) in [5.41, 5.74) is 0.861. The fraction of sp³-hybridized carbons (Fsp3) is 0.286. The zero-order valence-electron chi connectivity index (χ0n) is 15.4. The van der Waals surface area contributed by atoms with Crippen LogP contribution >= 0.6 is 23.2 Å². The molecule has 0 radical (unpaired) electrons. The lowest BCUT2D eigenvalue weighted by Gasteiger charge is -2.24. The van der Waals surface area contributed by atoms with Gasteiger partial charge in [0.1, 0.15) is 11.8 Å². The first-order valence-electron chi connectivity index (χ1n) is 9.10. The molecule has 1 saturated heterocycles. The molecule has 0 bridgehead atoms. The number of unbranched alkanes of at least 4 members (excludes halogenated alkanes) is 2. The van der Waals surface area contributed by atoms with Crippen molar-refractivity contribution >= 4 is 40.7 Å². The lowest BCUT2D eigenvalue weighted by atomic mass is 9.98. The number of benzene rings is 1. The van der Waals surface area contributed by atoms with Gasteiger partial charge in [-0.1, -0.05) is 49.0 Å². The van der Waals surface area contributed by atoms with Gasteiger partial charge >= 0.3 is 0 Å². The SMILES string of the molecule is CCCCCN1C(=O)C(=O)/C(=C(\O)c2ccc(Cl)c(Cl)c2)C1c1ccccn1. The smallest absolute Gasteiger partial charge is 0.295 e. The molecule has 1 aromatic carbocycles. The van der Waals surface area contributed by atoms with Crippen molar-refractivity contribution in [2.24, 2.45) is 0 Å². The highest BCUT2D eigenvalue weighted by atomic mass is 35.5. The Balaban J connectivity index is 2.12. The van der Waals surface area contributed by atoms with Crippen LogP contribution in [0, 0.1) is 0 Å². The number of aromatic nitrogens is 1. The molecular weight excluding hydrogens is 399 g/mol. The number of nitrogens with zero attached hydrogens (tertiary/aromatic N) is 2. The van der Waals surface area contributed by atoms with Crippen LogP contribution in [0.1, 0.15) is 43.5 Å². The average molecular weight is 419 g/mol. The van der Waals surface area contributed by atoms with Gasteiger partial charge in [-0.2, -0.15) is 0 Å². The summed E-state index contributed by atoms with van der Waals surface area (Å²) in [4.78, 5) is 31.3. The number of carbonyl (C=O) groups excluding carboxylic acids is 2. The number of carbonyl (C=O) groups is 2. The summed E-state index contributed by atoms with van der Waals surface area (Å²) in [7, 11) is 0. The summed E-state index contributed by atoms with van der Waals surface area (Å²) in [6.07, 6.45) is 4.28. The standard InChI is InChI=1S/C21H20Cl2N2O3/c1-2-3-6-11-25-18(16-7-4-5-10-24-16)17(20(27)21(25)28)19(26)13-8-9-14(22)15(23)12-13/h4-5,7-10,12,18,26H,2-3,6,11H2,1H3/b19-17-. The van der Waals surface area contributed by atoms with E-state index in [0.29, 0.717) is 22.8 Å². The van der Waals surface area contributed by atoms with Gasteiger partial charge in [0.05, 0.1) is 21.3 Å². The minimum absolute atomic E-state index is 0.0126. The number of amides is 1. The van der Waals surface area contributed by atoms with Crippen molar-refractivity contribution in [1.82, 2.24) is 9.88 Å². The molecule has 1 amide bonds. The van der Waals surface area contributed by atoms with Gasteiger partial charge in [0.15, 0.2) is 0 Å². The van der Waals surface area contributed by atoms with Gasteiger partial charge < -0.3 is 10.0 Å². The van der Waals surface area contributed by atoms with Crippen molar-refractivity contribution in [2.75, 3.05) is 6.54 Å². The Kier molecular flexibility index (Phi) is 6.37. The second-order valence-corrected chi connectivity index (χ2v) is 7.40. The minimum Gasteiger partial charge on any atom is -0.507 e. The van der Waals surface area contributed by atoms with E-state index in [1.165, 1.54) is 17.0 Å². The molecule has 5 nitrogen and oxygen atoms in total. The monoisotopic (exact) mass is 418 g/mol. The molecule has 0 aliphatic carbocycles. The Bertz CT molecular complexity index is 929. The van der Waals surface area contributed by atoms with Gasteiger partial charge in [0.25, 0.3) is 11.7 Å². The van der Waals surface area contributed by atoms with Crippen molar-refractivity contribution in [3.8, 4) is 0 Å². The first-order valence-corrected chi connectivity index (χ1v) is 9.86. The number of hydrogen-bond donors (Lipinski definition) is 1. The van der Waals surface area contributed by atoms with Gasteiger partial charge in [-0.15, -0.1) is 0 Å². The van der Waals surface area contributed by atoms with Crippen LogP contribution in [0.4, 0.5) is 0 Å². The molecule has 3 rings (SSSR count). The van der Waals surface area contributed by atoms with E-state index < -0.39 is 17.7 Å². The Morgan fingerprint density at radius 1 is 1.14 bits per heavy atom. The molecule has 1 aromatic heterocycles. The predicted octanol–water partition coefficient (Wildman–Crippen LogP) is 5.00. The molecule has 1 aliphatic heterocycles. The van der Waals surface area contributed by atoms with Crippen LogP contribution in [0.25, 0.3) is 5.76 Å². The van der Waals surface area contributed by atoms with Crippen LogP contribution in [0.15, 0.2) is 48.2 Å². The average Bonchev–Trinajstić information content (AvgIpc) is 2.95. The summed E-state index contributed by atoms with van der Waals surface area (Å²) in [6, 6.07) is 9.10. The maximum atomic E-state index is 12.8. The van der Waals surface area contributed by atoms with Crippen molar-refractivity contribution in [3.63, 3.8) is 0 Å². The maximum absolute atomic E-state index is 12.8. The molecular formula is C21H20Cl2N2O3. The molecule has 0 saturated carbocycles. The molecule has 28 heavy (non-hydrogen) atoms. The van der Waals surface area contributed by atoms with Gasteiger partial charge in [-0.3, -0.25) is 14.6 Å². The molecule has 1 aliphatic rings. The summed E-state index contributed by atoms with van der Waals surface area (Å²) in [5.74, 6) is -1.64. The second kappa shape index (κ2) is 8.76. The van der Waals surface area contributed by atoms with Crippen LogP contribution in [0.2, 0.25) is 10.0 Å². The number of hydrogen-bond acceptors (Lipinski definition) is 4. The normalized spacial score (nSPS) is 18.7. The molecule has 7 heteroatoms. The summed E-state index contributed by atoms with van der Waals surface area (Å²) >= 11 is 12.0. The van der Waals surface area contributed by atoms with Gasteiger partial charge in [-0.05, 0) is 36.8 Å². The molecule has 2 heterocycles. The highest BCUT2D eigenvalue weighted by Crippen LogP contribution is 2.39. The van der Waals surface area contributed by atoms with E-state index in [1.807, 2.05) is 0 Å². The van der Waals surface area contributed by atoms with Gasteiger partial charge in [0.2, 0.25) is 0 Å². The number of Topliss-reactive ketones (excluding diaryl/α,β-unsaturated/α-hetero) is 1. The Labute approximate surface area is 173 Å². The minimum atomic E-state index is -0.743. The third kappa shape index (κ3) is 3.91. The van der Waals surface area contributed by atoms with E-state index in [4.69, 9.17) is 23.2 Å². The second-order valence-electron chi connectivity index (χ2n) is 6.58. The first kappa shape index (κ1) is 20.4. The van der Waals surface area contributed by atoms with Crippen molar-refractivity contribution < 1.29 is 14.7 Å². The van der Waals surface area contributed by atoms with E-state index in [-0.39, 0.29) is 16.4 Å². The Morgan fingerprint density at radius 2 is 1.93 bits per heavy atom. The highest BCUT2D eigenvalue weighted by Gasteiger charge is 2.46. The fourth-order valence-corrected chi connectivity index (χ4v) is 3.59. The molecule has 1 fully saturated rings. The van der Waals surface area contributed by atoms with E-state index >= 15 is 0 Å². The number of rotatable bonds is 6. The maximum Gasteiger partial charge on any atom is 0.295 e. The third-order valence-corrected chi connectivity index (χ3v) is 5.44. The largest absolute Gasteiger partial charge is 0.507 e. The van der Waals surface area contributed by atoms with Crippen molar-refractivity contribution in [1.29, 1.82) is 0 Å². The van der Waals surface area contributed by atoms with Crippen LogP contribution in [-0.2, 0) is 9.59 Å². The quantitative estimate of drug-likeness (QED) is 0.310. The molecule has 2 aromatic rings. The predicted molar refractivity (Wildman–Crippen MR) is 109 cm³/mol.